The summed E-state index contributed by atoms with van der Waals surface area (Å²) < 4.78 is 1.21. The topological polar surface area (TPSA) is 12.9 Å². The van der Waals surface area contributed by atoms with Crippen molar-refractivity contribution in [1.82, 2.24) is 4.98 Å². The van der Waals surface area contributed by atoms with E-state index in [1.807, 2.05) is 13.0 Å². The van der Waals surface area contributed by atoms with Gasteiger partial charge >= 0.3 is 0 Å². The predicted molar refractivity (Wildman–Crippen MR) is 52.3 cm³/mol. The van der Waals surface area contributed by atoms with E-state index in [4.69, 9.17) is 0 Å². The first-order valence-corrected chi connectivity index (χ1v) is 4.73. The van der Waals surface area contributed by atoms with Crippen molar-refractivity contribution in [2.45, 2.75) is 13.3 Å². The Balaban J connectivity index is 2.86. The number of fused-ring (bicyclic) bond motifs is 1. The molecule has 0 aliphatic heterocycles. The van der Waals surface area contributed by atoms with Crippen LogP contribution in [-0.2, 0) is 0 Å². The quantitative estimate of drug-likeness (QED) is 0.576. The van der Waals surface area contributed by atoms with Crippen LogP contribution in [0.1, 0.15) is 11.4 Å². The minimum absolute atomic E-state index is 0.951. The Morgan fingerprint density at radius 2 is 2.50 bits per heavy atom. The molecule has 2 rings (SSSR count). The van der Waals surface area contributed by atoms with Crippen molar-refractivity contribution < 1.29 is 0 Å². The molecule has 0 radical (unpaired) electrons. The van der Waals surface area contributed by atoms with Gasteiger partial charge in [-0.3, -0.25) is 0 Å². The molecule has 12 heavy (non-hydrogen) atoms. The van der Waals surface area contributed by atoms with Gasteiger partial charge in [-0.05, 0) is 25.5 Å². The highest BCUT2D eigenvalue weighted by molar-refractivity contribution is 7.09. The molecule has 0 fully saturated rings. The third-order valence-corrected chi connectivity index (χ3v) is 2.57. The standard InChI is InChI=1S/C10H9NS/c1-8-11-9-6-4-2-3-5-7-10(9)12-8/h3-5,7H,2H2,1H3. The highest BCUT2D eigenvalue weighted by Crippen LogP contribution is 1.93. The Morgan fingerprint density at radius 3 is 3.42 bits per heavy atom. The van der Waals surface area contributed by atoms with Gasteiger partial charge in [-0.2, -0.15) is 0 Å². The Bertz CT molecular complexity index is 459. The van der Waals surface area contributed by atoms with Crippen LogP contribution < -0.4 is 9.88 Å². The fourth-order valence-corrected chi connectivity index (χ4v) is 1.92. The van der Waals surface area contributed by atoms with Gasteiger partial charge in [0, 0.05) is 0 Å². The van der Waals surface area contributed by atoms with E-state index in [9.17, 15) is 0 Å². The predicted octanol–water partition coefficient (Wildman–Crippen LogP) is 1.13. The van der Waals surface area contributed by atoms with Crippen molar-refractivity contribution in [3.8, 4) is 0 Å². The fraction of sp³-hybridized carbons (Fsp3) is 0.200. The summed E-state index contributed by atoms with van der Waals surface area (Å²) in [6, 6.07) is 0. The van der Waals surface area contributed by atoms with Crippen molar-refractivity contribution in [3.63, 3.8) is 0 Å². The lowest BCUT2D eigenvalue weighted by atomic mass is 10.3. The number of hydrogen-bond acceptors (Lipinski definition) is 2. The van der Waals surface area contributed by atoms with Crippen LogP contribution >= 0.6 is 11.3 Å². The van der Waals surface area contributed by atoms with E-state index in [2.05, 4.69) is 28.9 Å². The third kappa shape index (κ3) is 1.40. The van der Waals surface area contributed by atoms with Gasteiger partial charge in [-0.15, -0.1) is 11.3 Å². The van der Waals surface area contributed by atoms with E-state index in [1.54, 1.807) is 11.3 Å². The highest BCUT2D eigenvalue weighted by atomic mass is 32.1. The highest BCUT2D eigenvalue weighted by Gasteiger charge is 1.92. The molecule has 2 heteroatoms. The summed E-state index contributed by atoms with van der Waals surface area (Å²) in [5.41, 5.74) is 3.18. The molecule has 1 nitrogen and oxygen atoms in total. The van der Waals surface area contributed by atoms with Crippen LogP contribution in [0.2, 0.25) is 0 Å². The lowest BCUT2D eigenvalue weighted by Crippen LogP contribution is -2.19. The smallest absolute Gasteiger partial charge is 0.123 e. The van der Waals surface area contributed by atoms with Crippen LogP contribution in [0.25, 0.3) is 11.8 Å². The molecule has 1 aliphatic rings. The maximum atomic E-state index is 4.36. The zero-order valence-electron chi connectivity index (χ0n) is 6.87. The Kier molecular flexibility index (Phi) is 1.94. The second kappa shape index (κ2) is 3.10. The molecule has 1 aromatic rings. The first kappa shape index (κ1) is 7.53. The SMILES string of the molecule is Cc1nc2c(s1)=CC=CCC=C=2. The number of thiazole rings is 1. The van der Waals surface area contributed by atoms with E-state index in [1.165, 1.54) is 4.53 Å². The Morgan fingerprint density at radius 1 is 1.58 bits per heavy atom. The summed E-state index contributed by atoms with van der Waals surface area (Å²) in [6.07, 6.45) is 9.26. The molecule has 1 aliphatic carbocycles. The third-order valence-electron chi connectivity index (χ3n) is 1.64. The fourth-order valence-electron chi connectivity index (χ4n) is 1.12. The van der Waals surface area contributed by atoms with Crippen molar-refractivity contribution >= 4 is 23.1 Å². The van der Waals surface area contributed by atoms with Gasteiger partial charge in [0.1, 0.15) is 5.35 Å². The van der Waals surface area contributed by atoms with Crippen LogP contribution in [0.4, 0.5) is 0 Å². The molecule has 0 saturated carbocycles. The maximum Gasteiger partial charge on any atom is 0.123 e. The Labute approximate surface area is 75.1 Å². The maximum absolute atomic E-state index is 4.36. The molecule has 0 spiro atoms. The number of allylic oxidation sites excluding steroid dienone is 3. The second-order valence-corrected chi connectivity index (χ2v) is 3.86. The summed E-state index contributed by atoms with van der Waals surface area (Å²) >= 11 is 1.71. The average molecular weight is 175 g/mol. The summed E-state index contributed by atoms with van der Waals surface area (Å²) in [5.74, 6) is 0. The number of aryl methyl sites for hydroxylation is 1. The zero-order chi connectivity index (χ0) is 8.39. The van der Waals surface area contributed by atoms with Crippen LogP contribution in [0.3, 0.4) is 0 Å². The monoisotopic (exact) mass is 175 g/mol. The van der Waals surface area contributed by atoms with Crippen molar-refractivity contribution in [3.05, 3.63) is 33.1 Å². The molecular weight excluding hydrogens is 166 g/mol. The first-order valence-electron chi connectivity index (χ1n) is 3.92. The minimum Gasteiger partial charge on any atom is -0.233 e. The average Bonchev–Trinajstić information content (AvgIpc) is 2.32. The molecule has 0 aromatic carbocycles. The lowest BCUT2D eigenvalue weighted by Gasteiger charge is -1.79. The minimum atomic E-state index is 0.951. The Hall–Kier alpha value is -1.11. The van der Waals surface area contributed by atoms with Gasteiger partial charge in [0.05, 0.1) is 9.54 Å². The van der Waals surface area contributed by atoms with Crippen LogP contribution in [0.15, 0.2) is 18.2 Å². The molecule has 0 unspecified atom stereocenters. The van der Waals surface area contributed by atoms with Crippen molar-refractivity contribution in [2.24, 2.45) is 0 Å². The van der Waals surface area contributed by atoms with Crippen LogP contribution in [-0.4, -0.2) is 4.98 Å². The van der Waals surface area contributed by atoms with Gasteiger partial charge in [-0.25, -0.2) is 4.98 Å². The molecule has 0 amide bonds. The lowest BCUT2D eigenvalue weighted by molar-refractivity contribution is 1.23. The normalized spacial score (nSPS) is 14.1. The van der Waals surface area contributed by atoms with Crippen molar-refractivity contribution in [1.29, 1.82) is 0 Å². The van der Waals surface area contributed by atoms with E-state index in [0.29, 0.717) is 0 Å². The number of aromatic nitrogens is 1. The summed E-state index contributed by atoms with van der Waals surface area (Å²) in [6.45, 7) is 2.02. The van der Waals surface area contributed by atoms with Gasteiger partial charge in [-0.1, -0.05) is 17.9 Å². The van der Waals surface area contributed by atoms with Crippen LogP contribution in [0.5, 0.6) is 0 Å². The van der Waals surface area contributed by atoms with Gasteiger partial charge in [0.2, 0.25) is 0 Å². The molecular formula is C10H9NS. The van der Waals surface area contributed by atoms with Gasteiger partial charge < -0.3 is 0 Å². The second-order valence-electron chi connectivity index (χ2n) is 2.62. The molecule has 1 heterocycles. The summed E-state index contributed by atoms with van der Waals surface area (Å²) in [5, 5.41) is 2.09. The molecule has 0 saturated heterocycles. The van der Waals surface area contributed by atoms with E-state index in [-0.39, 0.29) is 0 Å². The van der Waals surface area contributed by atoms with Gasteiger partial charge in [0.15, 0.2) is 0 Å². The number of rotatable bonds is 0. The summed E-state index contributed by atoms with van der Waals surface area (Å²) in [7, 11) is 0. The number of nitrogens with zero attached hydrogens (tertiary/aromatic N) is 1. The van der Waals surface area contributed by atoms with Gasteiger partial charge in [0.25, 0.3) is 0 Å². The van der Waals surface area contributed by atoms with Crippen molar-refractivity contribution in [2.75, 3.05) is 0 Å². The zero-order valence-corrected chi connectivity index (χ0v) is 7.69. The molecule has 60 valence electrons. The molecule has 1 aromatic heterocycles. The van der Waals surface area contributed by atoms with E-state index in [0.717, 1.165) is 16.8 Å². The molecule has 0 bridgehead atoms. The molecule has 0 N–H and O–H groups in total. The first-order chi connectivity index (χ1) is 5.86. The number of hydrogen-bond donors (Lipinski definition) is 0. The van der Waals surface area contributed by atoms with E-state index >= 15 is 0 Å². The van der Waals surface area contributed by atoms with E-state index < -0.39 is 0 Å². The largest absolute Gasteiger partial charge is 0.233 e. The van der Waals surface area contributed by atoms with Crippen LogP contribution in [0, 0.1) is 6.92 Å². The molecule has 0 atom stereocenters. The summed E-state index contributed by atoms with van der Waals surface area (Å²) in [4.78, 5) is 4.36.